The third-order valence-electron chi connectivity index (χ3n) is 4.87. The lowest BCUT2D eigenvalue weighted by Crippen LogP contribution is -2.39. The summed E-state index contributed by atoms with van der Waals surface area (Å²) in [6, 6.07) is 19.8. The summed E-state index contributed by atoms with van der Waals surface area (Å²) >= 11 is 5.96. The molecule has 0 unspecified atom stereocenters. The van der Waals surface area contributed by atoms with Crippen molar-refractivity contribution in [3.05, 3.63) is 88.9 Å². The van der Waals surface area contributed by atoms with E-state index in [9.17, 15) is 13.2 Å². The van der Waals surface area contributed by atoms with Crippen molar-refractivity contribution in [2.75, 3.05) is 18.0 Å². The third kappa shape index (κ3) is 6.12. The van der Waals surface area contributed by atoms with Crippen LogP contribution in [0.3, 0.4) is 0 Å². The Balaban J connectivity index is 1.86. The second kappa shape index (κ2) is 10.5. The SMILES string of the molecule is COc1ccc(S(=O)(=O)N(CC(=O)N/N=C(/C)c2ccc(C)cc2)c2ccc(Cl)cc2)cc1. The summed E-state index contributed by atoms with van der Waals surface area (Å²) in [6.07, 6.45) is 0. The predicted molar refractivity (Wildman–Crippen MR) is 131 cm³/mol. The molecule has 172 valence electrons. The second-order valence-corrected chi connectivity index (χ2v) is 9.56. The Morgan fingerprint density at radius 1 is 1.00 bits per heavy atom. The van der Waals surface area contributed by atoms with Crippen LogP contribution in [-0.4, -0.2) is 33.7 Å². The molecular weight excluding hydrogens is 462 g/mol. The molecule has 1 amide bonds. The lowest BCUT2D eigenvalue weighted by molar-refractivity contribution is -0.119. The largest absolute Gasteiger partial charge is 0.497 e. The van der Waals surface area contributed by atoms with E-state index in [4.69, 9.17) is 16.3 Å². The van der Waals surface area contributed by atoms with E-state index in [1.54, 1.807) is 31.2 Å². The van der Waals surface area contributed by atoms with E-state index >= 15 is 0 Å². The zero-order valence-corrected chi connectivity index (χ0v) is 20.0. The van der Waals surface area contributed by atoms with Crippen molar-refractivity contribution in [2.24, 2.45) is 5.10 Å². The molecule has 0 atom stereocenters. The predicted octanol–water partition coefficient (Wildman–Crippen LogP) is 4.39. The number of nitrogens with one attached hydrogen (secondary N) is 1. The number of rotatable bonds is 8. The van der Waals surface area contributed by atoms with Crippen molar-refractivity contribution in [1.29, 1.82) is 0 Å². The van der Waals surface area contributed by atoms with Gasteiger partial charge in [0.05, 0.1) is 23.4 Å². The van der Waals surface area contributed by atoms with Crippen molar-refractivity contribution in [3.8, 4) is 5.75 Å². The first-order chi connectivity index (χ1) is 15.7. The topological polar surface area (TPSA) is 88.1 Å². The van der Waals surface area contributed by atoms with Crippen LogP contribution < -0.4 is 14.5 Å². The van der Waals surface area contributed by atoms with Crippen LogP contribution in [0, 0.1) is 6.92 Å². The highest BCUT2D eigenvalue weighted by Crippen LogP contribution is 2.26. The molecule has 7 nitrogen and oxygen atoms in total. The number of anilines is 1. The molecule has 0 radical (unpaired) electrons. The number of hydrazone groups is 1. The molecule has 0 aromatic heterocycles. The van der Waals surface area contributed by atoms with Crippen LogP contribution in [0.1, 0.15) is 18.1 Å². The van der Waals surface area contributed by atoms with E-state index in [1.165, 1.54) is 31.4 Å². The van der Waals surface area contributed by atoms with Crippen LogP contribution in [0.15, 0.2) is 82.8 Å². The Kier molecular flexibility index (Phi) is 7.73. The maximum atomic E-state index is 13.4. The van der Waals surface area contributed by atoms with Gasteiger partial charge in [0, 0.05) is 5.02 Å². The van der Waals surface area contributed by atoms with E-state index < -0.39 is 22.5 Å². The number of benzene rings is 3. The summed E-state index contributed by atoms with van der Waals surface area (Å²) in [5.41, 5.74) is 5.30. The minimum atomic E-state index is -4.06. The number of carbonyl (C=O) groups excluding carboxylic acids is 1. The van der Waals surface area contributed by atoms with Gasteiger partial charge in [-0.25, -0.2) is 13.8 Å². The number of carbonyl (C=O) groups is 1. The molecule has 1 N–H and O–H groups in total. The molecular formula is C24H24ClN3O4S. The summed E-state index contributed by atoms with van der Waals surface area (Å²) in [4.78, 5) is 12.7. The van der Waals surface area contributed by atoms with Crippen molar-refractivity contribution in [2.45, 2.75) is 18.7 Å². The minimum Gasteiger partial charge on any atom is -0.497 e. The quantitative estimate of drug-likeness (QED) is 0.378. The molecule has 0 aliphatic carbocycles. The number of nitrogens with zero attached hydrogens (tertiary/aromatic N) is 2. The normalized spacial score (nSPS) is 11.7. The fraction of sp³-hybridized carbons (Fsp3) is 0.167. The van der Waals surface area contributed by atoms with Gasteiger partial charge in [-0.05, 0) is 67.9 Å². The molecule has 0 spiro atoms. The van der Waals surface area contributed by atoms with Gasteiger partial charge in [-0.3, -0.25) is 9.10 Å². The van der Waals surface area contributed by atoms with Crippen molar-refractivity contribution < 1.29 is 17.9 Å². The number of ether oxygens (including phenoxy) is 1. The van der Waals surface area contributed by atoms with Crippen LogP contribution in [-0.2, 0) is 14.8 Å². The molecule has 0 aliphatic heterocycles. The van der Waals surface area contributed by atoms with E-state index in [0.29, 0.717) is 22.2 Å². The van der Waals surface area contributed by atoms with Crippen molar-refractivity contribution in [1.82, 2.24) is 5.43 Å². The van der Waals surface area contributed by atoms with Gasteiger partial charge in [-0.15, -0.1) is 0 Å². The molecule has 3 aromatic rings. The molecule has 33 heavy (non-hydrogen) atoms. The molecule has 0 aliphatic rings. The number of methoxy groups -OCH3 is 1. The Hall–Kier alpha value is -3.36. The van der Waals surface area contributed by atoms with E-state index in [0.717, 1.165) is 15.4 Å². The first kappa shape index (κ1) is 24.3. The Bertz CT molecular complexity index is 1240. The Morgan fingerprint density at radius 3 is 2.18 bits per heavy atom. The van der Waals surface area contributed by atoms with Crippen LogP contribution in [0.5, 0.6) is 5.75 Å². The maximum absolute atomic E-state index is 13.4. The molecule has 0 saturated heterocycles. The van der Waals surface area contributed by atoms with Gasteiger partial charge in [-0.1, -0.05) is 41.4 Å². The van der Waals surface area contributed by atoms with Crippen LogP contribution in [0.2, 0.25) is 5.02 Å². The Labute approximate surface area is 198 Å². The molecule has 0 saturated carbocycles. The molecule has 0 bridgehead atoms. The van der Waals surface area contributed by atoms with Crippen LogP contribution in [0.25, 0.3) is 0 Å². The van der Waals surface area contributed by atoms with E-state index in [1.807, 2.05) is 31.2 Å². The van der Waals surface area contributed by atoms with Gasteiger partial charge >= 0.3 is 0 Å². The van der Waals surface area contributed by atoms with Gasteiger partial charge in [0.1, 0.15) is 12.3 Å². The van der Waals surface area contributed by atoms with Crippen LogP contribution in [0.4, 0.5) is 5.69 Å². The summed E-state index contributed by atoms with van der Waals surface area (Å²) in [6.45, 7) is 3.27. The number of halogens is 1. The van der Waals surface area contributed by atoms with Gasteiger partial charge < -0.3 is 4.74 Å². The molecule has 0 fully saturated rings. The van der Waals surface area contributed by atoms with Crippen LogP contribution >= 0.6 is 11.6 Å². The van der Waals surface area contributed by atoms with Gasteiger partial charge in [-0.2, -0.15) is 5.10 Å². The number of sulfonamides is 1. The highest BCUT2D eigenvalue weighted by Gasteiger charge is 2.27. The highest BCUT2D eigenvalue weighted by molar-refractivity contribution is 7.92. The van der Waals surface area contributed by atoms with Crippen molar-refractivity contribution in [3.63, 3.8) is 0 Å². The molecule has 3 rings (SSSR count). The fourth-order valence-corrected chi connectivity index (χ4v) is 4.52. The summed E-state index contributed by atoms with van der Waals surface area (Å²) in [7, 11) is -2.56. The summed E-state index contributed by atoms with van der Waals surface area (Å²) < 4.78 is 32.9. The lowest BCUT2D eigenvalue weighted by Gasteiger charge is -2.24. The standard InChI is InChI=1S/C24H24ClN3O4S/c1-17-4-6-19(7-5-17)18(2)26-27-24(29)16-28(21-10-8-20(25)9-11-21)33(30,31)23-14-12-22(32-3)13-15-23/h4-15H,16H2,1-3H3,(H,27,29)/b26-18-. The minimum absolute atomic E-state index is 0.0189. The lowest BCUT2D eigenvalue weighted by atomic mass is 10.1. The second-order valence-electron chi connectivity index (χ2n) is 7.26. The molecule has 9 heteroatoms. The zero-order valence-electron chi connectivity index (χ0n) is 18.4. The summed E-state index contributed by atoms with van der Waals surface area (Å²) in [5, 5.41) is 4.57. The number of hydrogen-bond acceptors (Lipinski definition) is 5. The smallest absolute Gasteiger partial charge is 0.264 e. The maximum Gasteiger partial charge on any atom is 0.264 e. The average Bonchev–Trinajstić information content (AvgIpc) is 2.82. The molecule has 0 heterocycles. The average molecular weight is 486 g/mol. The number of amides is 1. The van der Waals surface area contributed by atoms with Gasteiger partial charge in [0.2, 0.25) is 0 Å². The van der Waals surface area contributed by atoms with Crippen molar-refractivity contribution >= 4 is 38.9 Å². The first-order valence-electron chi connectivity index (χ1n) is 10.0. The Morgan fingerprint density at radius 2 is 1.61 bits per heavy atom. The monoisotopic (exact) mass is 485 g/mol. The fourth-order valence-electron chi connectivity index (χ4n) is 2.97. The van der Waals surface area contributed by atoms with E-state index in [2.05, 4.69) is 10.5 Å². The molecule has 3 aromatic carbocycles. The van der Waals surface area contributed by atoms with Gasteiger partial charge in [0.25, 0.3) is 15.9 Å². The number of hydrogen-bond donors (Lipinski definition) is 1. The highest BCUT2D eigenvalue weighted by atomic mass is 35.5. The third-order valence-corrected chi connectivity index (χ3v) is 6.91. The van der Waals surface area contributed by atoms with E-state index in [-0.39, 0.29) is 4.90 Å². The number of aryl methyl sites for hydroxylation is 1. The van der Waals surface area contributed by atoms with Gasteiger partial charge in [0.15, 0.2) is 0 Å². The zero-order chi connectivity index (χ0) is 24.0. The summed E-state index contributed by atoms with van der Waals surface area (Å²) in [5.74, 6) is -0.0702. The first-order valence-corrected chi connectivity index (χ1v) is 11.8.